The minimum atomic E-state index is -0.647. The average Bonchev–Trinajstić information content (AvgIpc) is 2.83. The highest BCUT2D eigenvalue weighted by Crippen LogP contribution is 2.52. The Hall–Kier alpha value is -1.69. The third-order valence-electron chi connectivity index (χ3n) is 4.86. The molecule has 0 amide bonds. The van der Waals surface area contributed by atoms with Crippen molar-refractivity contribution in [3.8, 4) is 5.75 Å². The molecule has 0 bridgehead atoms. The van der Waals surface area contributed by atoms with E-state index in [4.69, 9.17) is 9.47 Å². The molecule has 3 atom stereocenters. The summed E-state index contributed by atoms with van der Waals surface area (Å²) in [5.74, 6) is -0.966. The van der Waals surface area contributed by atoms with E-state index >= 15 is 0 Å². The zero-order chi connectivity index (χ0) is 17.4. The first-order valence-corrected chi connectivity index (χ1v) is 8.86. The quantitative estimate of drug-likeness (QED) is 0.578. The summed E-state index contributed by atoms with van der Waals surface area (Å²) < 4.78 is 11.1. The van der Waals surface area contributed by atoms with Gasteiger partial charge >= 0.3 is 5.97 Å². The molecule has 128 valence electrons. The molecule has 6 heteroatoms. The van der Waals surface area contributed by atoms with Crippen molar-refractivity contribution >= 4 is 33.5 Å². The molecule has 3 rings (SSSR count). The molecule has 2 aliphatic rings. The van der Waals surface area contributed by atoms with Crippen molar-refractivity contribution in [1.29, 1.82) is 0 Å². The molecule has 0 aliphatic heterocycles. The minimum absolute atomic E-state index is 0.0873. The Kier molecular flexibility index (Phi) is 4.76. The van der Waals surface area contributed by atoms with Crippen LogP contribution in [-0.2, 0) is 14.3 Å². The molecular weight excluding hydrogens is 376 g/mol. The molecule has 1 aromatic carbocycles. The number of benzene rings is 1. The zero-order valence-electron chi connectivity index (χ0n) is 13.6. The Morgan fingerprint density at radius 2 is 2.08 bits per heavy atom. The van der Waals surface area contributed by atoms with E-state index < -0.39 is 5.92 Å². The molecule has 0 aromatic heterocycles. The van der Waals surface area contributed by atoms with Crippen LogP contribution < -0.4 is 4.74 Å². The van der Waals surface area contributed by atoms with Crippen LogP contribution >= 0.6 is 15.9 Å². The second-order valence-corrected chi connectivity index (χ2v) is 7.12. The second-order valence-electron chi connectivity index (χ2n) is 6.27. The van der Waals surface area contributed by atoms with E-state index in [0.717, 1.165) is 10.0 Å². The maximum absolute atomic E-state index is 12.8. The van der Waals surface area contributed by atoms with Crippen LogP contribution in [0, 0.1) is 11.8 Å². The molecule has 0 N–H and O–H groups in total. The normalized spacial score (nSPS) is 25.2. The summed E-state index contributed by atoms with van der Waals surface area (Å²) in [5, 5.41) is 0. The molecule has 0 unspecified atom stereocenters. The van der Waals surface area contributed by atoms with E-state index in [1.165, 1.54) is 7.11 Å². The van der Waals surface area contributed by atoms with E-state index in [-0.39, 0.29) is 42.2 Å². The van der Waals surface area contributed by atoms with Crippen molar-refractivity contribution in [1.82, 2.24) is 0 Å². The maximum atomic E-state index is 12.8. The number of ketones is 2. The lowest BCUT2D eigenvalue weighted by Gasteiger charge is -2.30. The van der Waals surface area contributed by atoms with Gasteiger partial charge in [-0.25, -0.2) is 0 Å². The predicted molar refractivity (Wildman–Crippen MR) is 90.2 cm³/mol. The van der Waals surface area contributed by atoms with Crippen LogP contribution in [-0.4, -0.2) is 31.3 Å². The summed E-state index contributed by atoms with van der Waals surface area (Å²) in [6.45, 7) is 2.09. The molecule has 1 saturated carbocycles. The van der Waals surface area contributed by atoms with Gasteiger partial charge in [0.15, 0.2) is 5.78 Å². The summed E-state index contributed by atoms with van der Waals surface area (Å²) in [7, 11) is 1.52. The number of esters is 1. The molecule has 24 heavy (non-hydrogen) atoms. The summed E-state index contributed by atoms with van der Waals surface area (Å²) in [6.07, 6.45) is 1.09. The van der Waals surface area contributed by atoms with Gasteiger partial charge in [-0.2, -0.15) is 0 Å². The van der Waals surface area contributed by atoms with Crippen molar-refractivity contribution in [2.45, 2.75) is 32.1 Å². The van der Waals surface area contributed by atoms with Crippen LogP contribution in [0.1, 0.15) is 48.0 Å². The summed E-state index contributed by atoms with van der Waals surface area (Å²) >= 11 is 3.51. The fourth-order valence-electron chi connectivity index (χ4n) is 3.96. The maximum Gasteiger partial charge on any atom is 0.306 e. The molecule has 0 radical (unpaired) electrons. The van der Waals surface area contributed by atoms with E-state index in [1.54, 1.807) is 13.0 Å². The number of hydrogen-bond donors (Lipinski definition) is 0. The van der Waals surface area contributed by atoms with Crippen molar-refractivity contribution < 1.29 is 23.9 Å². The highest BCUT2D eigenvalue weighted by atomic mass is 79.9. The molecular formula is C18H19BrO5. The van der Waals surface area contributed by atoms with Gasteiger partial charge in [0.05, 0.1) is 25.2 Å². The number of rotatable bonds is 4. The number of ether oxygens (including phenoxy) is 2. The van der Waals surface area contributed by atoms with E-state index in [0.29, 0.717) is 24.3 Å². The number of hydrogen-bond acceptors (Lipinski definition) is 5. The lowest BCUT2D eigenvalue weighted by molar-refractivity contribution is -0.144. The fraction of sp³-hybridized carbons (Fsp3) is 0.500. The number of Topliss-reactive ketones (excluding diaryl/α,β-unsaturated/α-hetero) is 2. The fourth-order valence-corrected chi connectivity index (χ4v) is 4.58. The first-order valence-electron chi connectivity index (χ1n) is 8.06. The molecule has 0 heterocycles. The highest BCUT2D eigenvalue weighted by molar-refractivity contribution is 9.10. The number of fused-ring (bicyclic) bond motifs is 3. The molecule has 2 aliphatic carbocycles. The van der Waals surface area contributed by atoms with Crippen LogP contribution in [0.25, 0.3) is 0 Å². The second kappa shape index (κ2) is 6.67. The SMILES string of the molecule is CCOC(=O)C[C@H]1CC(=O)[C@H]2C(=O)c3c(OC)ccc(Br)c3[C@H]2C1. The van der Waals surface area contributed by atoms with Gasteiger partial charge in [0.1, 0.15) is 11.5 Å². The Balaban J connectivity index is 1.94. The monoisotopic (exact) mass is 394 g/mol. The van der Waals surface area contributed by atoms with E-state index in [2.05, 4.69) is 15.9 Å². The van der Waals surface area contributed by atoms with E-state index in [1.807, 2.05) is 6.07 Å². The van der Waals surface area contributed by atoms with Gasteiger partial charge in [0.2, 0.25) is 0 Å². The molecule has 1 aromatic rings. The topological polar surface area (TPSA) is 69.7 Å². The zero-order valence-corrected chi connectivity index (χ0v) is 15.2. The van der Waals surface area contributed by atoms with E-state index in [9.17, 15) is 14.4 Å². The summed E-state index contributed by atoms with van der Waals surface area (Å²) in [4.78, 5) is 37.1. The molecule has 5 nitrogen and oxygen atoms in total. The van der Waals surface area contributed by atoms with Crippen molar-refractivity contribution in [3.63, 3.8) is 0 Å². The summed E-state index contributed by atoms with van der Waals surface area (Å²) in [6, 6.07) is 3.57. The van der Waals surface area contributed by atoms with Crippen LogP contribution in [0.5, 0.6) is 5.75 Å². The van der Waals surface area contributed by atoms with Gasteiger partial charge in [-0.1, -0.05) is 15.9 Å². The minimum Gasteiger partial charge on any atom is -0.496 e. The highest BCUT2D eigenvalue weighted by Gasteiger charge is 2.50. The molecule has 0 saturated heterocycles. The van der Waals surface area contributed by atoms with Gasteiger partial charge < -0.3 is 9.47 Å². The van der Waals surface area contributed by atoms with Crippen molar-refractivity contribution in [3.05, 3.63) is 27.7 Å². The van der Waals surface area contributed by atoms with Crippen LogP contribution in [0.3, 0.4) is 0 Å². The van der Waals surface area contributed by atoms with Crippen LogP contribution in [0.15, 0.2) is 16.6 Å². The van der Waals surface area contributed by atoms with Gasteiger partial charge in [-0.05, 0) is 37.0 Å². The third kappa shape index (κ3) is 2.77. The predicted octanol–water partition coefficient (Wildman–Crippen LogP) is 3.29. The largest absolute Gasteiger partial charge is 0.496 e. The van der Waals surface area contributed by atoms with Gasteiger partial charge in [-0.15, -0.1) is 0 Å². The van der Waals surface area contributed by atoms with Crippen LogP contribution in [0.2, 0.25) is 0 Å². The Morgan fingerprint density at radius 3 is 2.75 bits per heavy atom. The number of carbonyl (C=O) groups excluding carboxylic acids is 3. The van der Waals surface area contributed by atoms with Gasteiger partial charge in [0.25, 0.3) is 0 Å². The van der Waals surface area contributed by atoms with Gasteiger partial charge in [-0.3, -0.25) is 14.4 Å². The van der Waals surface area contributed by atoms with Crippen molar-refractivity contribution in [2.75, 3.05) is 13.7 Å². The van der Waals surface area contributed by atoms with Crippen LogP contribution in [0.4, 0.5) is 0 Å². The first kappa shape index (κ1) is 17.1. The average molecular weight is 395 g/mol. The summed E-state index contributed by atoms with van der Waals surface area (Å²) in [5.41, 5.74) is 1.35. The molecule has 0 spiro atoms. The number of halogens is 1. The van der Waals surface area contributed by atoms with Gasteiger partial charge in [0, 0.05) is 23.2 Å². The lowest BCUT2D eigenvalue weighted by Crippen LogP contribution is -2.33. The lowest BCUT2D eigenvalue weighted by atomic mass is 9.72. The number of carbonyl (C=O) groups is 3. The standard InChI is InChI=1S/C18H19BrO5/c1-3-24-14(21)8-9-6-10-15-11(19)4-5-13(23-2)17(15)18(22)16(10)12(20)7-9/h4-5,9-10,16H,3,6-8H2,1-2H3/t9-,10-,16+/m1/s1. The Labute approximate surface area is 148 Å². The number of methoxy groups -OCH3 is 1. The Bertz CT molecular complexity index is 712. The molecule has 1 fully saturated rings. The smallest absolute Gasteiger partial charge is 0.306 e. The third-order valence-corrected chi connectivity index (χ3v) is 5.55. The Morgan fingerprint density at radius 1 is 1.33 bits per heavy atom. The first-order chi connectivity index (χ1) is 11.5. The van der Waals surface area contributed by atoms with Crippen molar-refractivity contribution in [2.24, 2.45) is 11.8 Å².